The van der Waals surface area contributed by atoms with E-state index in [4.69, 9.17) is 0 Å². The highest BCUT2D eigenvalue weighted by Crippen LogP contribution is 2.12. The Kier molecular flexibility index (Phi) is 4.85. The fourth-order valence-electron chi connectivity index (χ4n) is 1.91. The molecule has 4 heteroatoms. The number of hydrogen-bond acceptors (Lipinski definition) is 3. The highest BCUT2D eigenvalue weighted by molar-refractivity contribution is 5.92. The van der Waals surface area contributed by atoms with Crippen molar-refractivity contribution in [2.45, 2.75) is 20.4 Å². The fourth-order valence-corrected chi connectivity index (χ4v) is 1.91. The number of amides is 1. The number of hydrogen-bond donors (Lipinski definition) is 2. The lowest BCUT2D eigenvalue weighted by molar-refractivity contribution is -0.115. The Bertz CT molecular complexity index is 596. The molecule has 0 spiro atoms. The Hall–Kier alpha value is -2.20. The van der Waals surface area contributed by atoms with E-state index in [0.717, 1.165) is 22.6 Å². The molecule has 0 radical (unpaired) electrons. The van der Waals surface area contributed by atoms with Gasteiger partial charge in [0.15, 0.2) is 0 Å². The van der Waals surface area contributed by atoms with Crippen molar-refractivity contribution in [2.24, 2.45) is 0 Å². The van der Waals surface area contributed by atoms with Crippen LogP contribution in [0.15, 0.2) is 42.5 Å². The molecule has 104 valence electrons. The summed E-state index contributed by atoms with van der Waals surface area (Å²) in [5.74, 6) is -0.0491. The first-order valence-corrected chi connectivity index (χ1v) is 6.64. The zero-order valence-electron chi connectivity index (χ0n) is 11.8. The summed E-state index contributed by atoms with van der Waals surface area (Å²) in [6.45, 7) is 4.78. The first-order valence-electron chi connectivity index (χ1n) is 6.64. The van der Waals surface area contributed by atoms with Crippen molar-refractivity contribution in [1.29, 1.82) is 0 Å². The summed E-state index contributed by atoms with van der Waals surface area (Å²) in [6, 6.07) is 13.6. The maximum atomic E-state index is 11.8. The predicted molar refractivity (Wildman–Crippen MR) is 80.5 cm³/mol. The van der Waals surface area contributed by atoms with Crippen molar-refractivity contribution in [3.05, 3.63) is 59.4 Å². The Balaban J connectivity index is 1.80. The van der Waals surface area contributed by atoms with Gasteiger partial charge in [0, 0.05) is 17.9 Å². The van der Waals surface area contributed by atoms with Crippen LogP contribution in [-0.4, -0.2) is 17.4 Å². The van der Waals surface area contributed by atoms with Crippen LogP contribution in [0.2, 0.25) is 0 Å². The molecule has 0 aliphatic carbocycles. The number of anilines is 1. The summed E-state index contributed by atoms with van der Waals surface area (Å²) >= 11 is 0. The topological polar surface area (TPSA) is 54.0 Å². The minimum atomic E-state index is -0.0491. The summed E-state index contributed by atoms with van der Waals surface area (Å²) in [6.07, 6.45) is 0. The number of nitrogens with zero attached hydrogens (tertiary/aromatic N) is 1. The second-order valence-corrected chi connectivity index (χ2v) is 4.74. The highest BCUT2D eigenvalue weighted by Gasteiger charge is 2.04. The van der Waals surface area contributed by atoms with Gasteiger partial charge in [0.1, 0.15) is 0 Å². The normalized spacial score (nSPS) is 10.3. The van der Waals surface area contributed by atoms with E-state index in [1.165, 1.54) is 0 Å². The number of para-hydroxylation sites is 1. The second-order valence-electron chi connectivity index (χ2n) is 4.74. The van der Waals surface area contributed by atoms with Gasteiger partial charge in [0.05, 0.1) is 12.2 Å². The first kappa shape index (κ1) is 14.2. The third kappa shape index (κ3) is 4.17. The van der Waals surface area contributed by atoms with Crippen molar-refractivity contribution in [2.75, 3.05) is 11.9 Å². The van der Waals surface area contributed by atoms with Gasteiger partial charge < -0.3 is 10.6 Å². The van der Waals surface area contributed by atoms with Crippen molar-refractivity contribution in [1.82, 2.24) is 10.3 Å². The standard InChI is InChI=1S/C16H19N3O/c1-12-6-3-4-9-15(12)19-16(20)11-17-10-14-8-5-7-13(2)18-14/h3-9,17H,10-11H2,1-2H3,(H,19,20). The number of benzene rings is 1. The van der Waals surface area contributed by atoms with Crippen LogP contribution in [0.5, 0.6) is 0 Å². The molecule has 0 bridgehead atoms. The zero-order chi connectivity index (χ0) is 14.4. The van der Waals surface area contributed by atoms with Crippen LogP contribution in [0, 0.1) is 13.8 Å². The number of aryl methyl sites for hydroxylation is 2. The maximum Gasteiger partial charge on any atom is 0.238 e. The van der Waals surface area contributed by atoms with Gasteiger partial charge in [-0.05, 0) is 37.6 Å². The SMILES string of the molecule is Cc1cccc(CNCC(=O)Nc2ccccc2C)n1. The summed E-state index contributed by atoms with van der Waals surface area (Å²) < 4.78 is 0. The molecule has 1 heterocycles. The molecule has 0 atom stereocenters. The van der Waals surface area contributed by atoms with E-state index >= 15 is 0 Å². The molecule has 0 saturated carbocycles. The van der Waals surface area contributed by atoms with E-state index in [1.54, 1.807) is 0 Å². The minimum absolute atomic E-state index is 0.0491. The van der Waals surface area contributed by atoms with Gasteiger partial charge in [-0.15, -0.1) is 0 Å². The van der Waals surface area contributed by atoms with E-state index in [9.17, 15) is 4.79 Å². The van der Waals surface area contributed by atoms with Crippen LogP contribution < -0.4 is 10.6 Å². The molecule has 0 saturated heterocycles. The van der Waals surface area contributed by atoms with Gasteiger partial charge in [-0.1, -0.05) is 24.3 Å². The van der Waals surface area contributed by atoms with E-state index in [-0.39, 0.29) is 12.5 Å². The Labute approximate surface area is 119 Å². The van der Waals surface area contributed by atoms with Gasteiger partial charge in [-0.2, -0.15) is 0 Å². The Morgan fingerprint density at radius 3 is 2.65 bits per heavy atom. The van der Waals surface area contributed by atoms with Crippen LogP contribution in [-0.2, 0) is 11.3 Å². The minimum Gasteiger partial charge on any atom is -0.325 e. The molecule has 0 fully saturated rings. The average molecular weight is 269 g/mol. The molecule has 20 heavy (non-hydrogen) atoms. The second kappa shape index (κ2) is 6.82. The van der Waals surface area contributed by atoms with Crippen molar-refractivity contribution in [3.63, 3.8) is 0 Å². The van der Waals surface area contributed by atoms with Crippen LogP contribution in [0.3, 0.4) is 0 Å². The third-order valence-corrected chi connectivity index (χ3v) is 2.96. The summed E-state index contributed by atoms with van der Waals surface area (Å²) in [4.78, 5) is 16.2. The smallest absolute Gasteiger partial charge is 0.238 e. The van der Waals surface area contributed by atoms with Crippen LogP contribution >= 0.6 is 0 Å². The summed E-state index contributed by atoms with van der Waals surface area (Å²) in [5.41, 5.74) is 3.83. The number of pyridine rings is 1. The third-order valence-electron chi connectivity index (χ3n) is 2.96. The number of carbonyl (C=O) groups is 1. The van der Waals surface area contributed by atoms with Crippen LogP contribution in [0.4, 0.5) is 5.69 Å². The van der Waals surface area contributed by atoms with E-state index in [0.29, 0.717) is 6.54 Å². The molecule has 2 aromatic rings. The molecule has 1 aromatic heterocycles. The molecule has 0 aliphatic heterocycles. The average Bonchev–Trinajstić information content (AvgIpc) is 2.41. The van der Waals surface area contributed by atoms with Crippen molar-refractivity contribution in [3.8, 4) is 0 Å². The maximum absolute atomic E-state index is 11.8. The fraction of sp³-hybridized carbons (Fsp3) is 0.250. The monoisotopic (exact) mass is 269 g/mol. The largest absolute Gasteiger partial charge is 0.325 e. The lowest BCUT2D eigenvalue weighted by atomic mass is 10.2. The summed E-state index contributed by atoms with van der Waals surface area (Å²) in [5, 5.41) is 5.98. The van der Waals surface area contributed by atoms with E-state index in [1.807, 2.05) is 56.3 Å². The molecular weight excluding hydrogens is 250 g/mol. The Morgan fingerprint density at radius 1 is 1.10 bits per heavy atom. The molecule has 1 aromatic carbocycles. The number of carbonyl (C=O) groups excluding carboxylic acids is 1. The van der Waals surface area contributed by atoms with Crippen LogP contribution in [0.25, 0.3) is 0 Å². The lowest BCUT2D eigenvalue weighted by Gasteiger charge is -2.09. The highest BCUT2D eigenvalue weighted by atomic mass is 16.1. The summed E-state index contributed by atoms with van der Waals surface area (Å²) in [7, 11) is 0. The lowest BCUT2D eigenvalue weighted by Crippen LogP contribution is -2.28. The van der Waals surface area contributed by atoms with Crippen LogP contribution in [0.1, 0.15) is 17.0 Å². The quantitative estimate of drug-likeness (QED) is 0.876. The number of rotatable bonds is 5. The van der Waals surface area contributed by atoms with Crippen molar-refractivity contribution < 1.29 is 4.79 Å². The predicted octanol–water partition coefficient (Wildman–Crippen LogP) is 2.43. The number of aromatic nitrogens is 1. The number of nitrogens with one attached hydrogen (secondary N) is 2. The Morgan fingerprint density at radius 2 is 1.90 bits per heavy atom. The van der Waals surface area contributed by atoms with Gasteiger partial charge in [-0.3, -0.25) is 9.78 Å². The molecule has 0 aliphatic rings. The molecule has 2 rings (SSSR count). The van der Waals surface area contributed by atoms with Gasteiger partial charge >= 0.3 is 0 Å². The van der Waals surface area contributed by atoms with Gasteiger partial charge in [0.25, 0.3) is 0 Å². The molecule has 2 N–H and O–H groups in total. The van der Waals surface area contributed by atoms with Gasteiger partial charge in [-0.25, -0.2) is 0 Å². The molecule has 4 nitrogen and oxygen atoms in total. The van der Waals surface area contributed by atoms with E-state index in [2.05, 4.69) is 15.6 Å². The molecule has 0 unspecified atom stereocenters. The van der Waals surface area contributed by atoms with Crippen molar-refractivity contribution >= 4 is 11.6 Å². The van der Waals surface area contributed by atoms with E-state index < -0.39 is 0 Å². The molecular formula is C16H19N3O. The zero-order valence-corrected chi connectivity index (χ0v) is 11.8. The molecule has 1 amide bonds. The first-order chi connectivity index (χ1) is 9.65. The van der Waals surface area contributed by atoms with Gasteiger partial charge in [0.2, 0.25) is 5.91 Å².